The number of nitrogens with zero attached hydrogens (tertiary/aromatic N) is 4. The summed E-state index contributed by atoms with van der Waals surface area (Å²) in [6.45, 7) is 2.50. The fourth-order valence-electron chi connectivity index (χ4n) is 2.43. The first-order valence-electron chi connectivity index (χ1n) is 7.92. The molecule has 130 valence electrons. The summed E-state index contributed by atoms with van der Waals surface area (Å²) >= 11 is 1.38. The van der Waals surface area contributed by atoms with E-state index in [1.54, 1.807) is 16.4 Å². The lowest BCUT2D eigenvalue weighted by molar-refractivity contribution is 0.102. The van der Waals surface area contributed by atoms with Crippen molar-refractivity contribution in [3.8, 4) is 10.8 Å². The summed E-state index contributed by atoms with van der Waals surface area (Å²) < 4.78 is 7.28. The van der Waals surface area contributed by atoms with Crippen LogP contribution in [0.25, 0.3) is 10.8 Å². The van der Waals surface area contributed by atoms with Crippen molar-refractivity contribution >= 4 is 22.9 Å². The van der Waals surface area contributed by atoms with E-state index in [2.05, 4.69) is 20.4 Å². The highest BCUT2D eigenvalue weighted by Gasteiger charge is 2.14. The summed E-state index contributed by atoms with van der Waals surface area (Å²) in [6.07, 6.45) is 3.16. The summed E-state index contributed by atoms with van der Waals surface area (Å²) in [6, 6.07) is 11.3. The molecule has 3 heterocycles. The van der Waals surface area contributed by atoms with Crippen molar-refractivity contribution in [1.82, 2.24) is 19.7 Å². The number of nitrogens with one attached hydrogen (secondary N) is 1. The highest BCUT2D eigenvalue weighted by molar-refractivity contribution is 7.13. The Hall–Kier alpha value is -3.26. The lowest BCUT2D eigenvalue weighted by Crippen LogP contribution is -2.12. The smallest absolute Gasteiger partial charge is 0.275 e. The third kappa shape index (κ3) is 3.55. The Balaban J connectivity index is 1.42. The zero-order valence-corrected chi connectivity index (χ0v) is 14.7. The van der Waals surface area contributed by atoms with Crippen LogP contribution >= 0.6 is 11.3 Å². The van der Waals surface area contributed by atoms with E-state index >= 15 is 0 Å². The van der Waals surface area contributed by atoms with Crippen LogP contribution in [0.15, 0.2) is 58.9 Å². The van der Waals surface area contributed by atoms with Crippen LogP contribution in [0.1, 0.15) is 21.8 Å². The number of carbonyl (C=O) groups excluding carboxylic acids is 1. The van der Waals surface area contributed by atoms with Crippen LogP contribution in [0.3, 0.4) is 0 Å². The molecule has 0 saturated carbocycles. The number of aromatic nitrogens is 4. The number of carbonyl (C=O) groups is 1. The maximum atomic E-state index is 12.4. The molecule has 0 saturated heterocycles. The number of furan rings is 1. The van der Waals surface area contributed by atoms with Gasteiger partial charge in [0, 0.05) is 11.1 Å². The summed E-state index contributed by atoms with van der Waals surface area (Å²) in [5.41, 5.74) is 2.14. The molecule has 0 unspecified atom stereocenters. The van der Waals surface area contributed by atoms with E-state index in [1.165, 1.54) is 17.7 Å². The van der Waals surface area contributed by atoms with Crippen LogP contribution in [0.4, 0.5) is 5.69 Å². The van der Waals surface area contributed by atoms with Gasteiger partial charge < -0.3 is 9.73 Å². The van der Waals surface area contributed by atoms with Gasteiger partial charge in [-0.3, -0.25) is 4.79 Å². The van der Waals surface area contributed by atoms with Crippen molar-refractivity contribution in [3.63, 3.8) is 0 Å². The number of hydrogen-bond acceptors (Lipinski definition) is 6. The van der Waals surface area contributed by atoms with Gasteiger partial charge in [-0.1, -0.05) is 12.1 Å². The largest absolute Gasteiger partial charge is 0.459 e. The summed E-state index contributed by atoms with van der Waals surface area (Å²) in [4.78, 5) is 20.7. The van der Waals surface area contributed by atoms with Crippen LogP contribution in [0, 0.1) is 6.92 Å². The standard InChI is InChI=1S/C18H15N5O2S/c1-12-2-7-16(25-12)18-22-15(9-26-18)17(24)21-14-5-3-13(4-6-14)8-23-11-19-10-20-23/h2-7,9-11H,8H2,1H3,(H,21,24). The van der Waals surface area contributed by atoms with Crippen molar-refractivity contribution in [2.75, 3.05) is 5.32 Å². The number of rotatable bonds is 5. The van der Waals surface area contributed by atoms with Gasteiger partial charge >= 0.3 is 0 Å². The lowest BCUT2D eigenvalue weighted by Gasteiger charge is -2.05. The van der Waals surface area contributed by atoms with Gasteiger partial charge in [-0.25, -0.2) is 14.6 Å². The van der Waals surface area contributed by atoms with Gasteiger partial charge in [0.25, 0.3) is 5.91 Å². The average molecular weight is 365 g/mol. The molecule has 0 atom stereocenters. The van der Waals surface area contributed by atoms with Crippen LogP contribution in [0.5, 0.6) is 0 Å². The first kappa shape index (κ1) is 16.2. The fourth-order valence-corrected chi connectivity index (χ4v) is 3.19. The van der Waals surface area contributed by atoms with Crippen LogP contribution < -0.4 is 5.32 Å². The van der Waals surface area contributed by atoms with Crippen molar-refractivity contribution in [1.29, 1.82) is 0 Å². The third-order valence-electron chi connectivity index (χ3n) is 3.71. The van der Waals surface area contributed by atoms with Gasteiger partial charge in [0.2, 0.25) is 0 Å². The van der Waals surface area contributed by atoms with E-state index < -0.39 is 0 Å². The number of aryl methyl sites for hydroxylation is 1. The summed E-state index contributed by atoms with van der Waals surface area (Å²) in [5, 5.41) is 9.34. The fraction of sp³-hybridized carbons (Fsp3) is 0.111. The molecule has 26 heavy (non-hydrogen) atoms. The minimum absolute atomic E-state index is 0.250. The zero-order chi connectivity index (χ0) is 17.9. The molecule has 0 aliphatic carbocycles. The molecule has 7 nitrogen and oxygen atoms in total. The third-order valence-corrected chi connectivity index (χ3v) is 4.57. The van der Waals surface area contributed by atoms with Crippen molar-refractivity contribution < 1.29 is 9.21 Å². The van der Waals surface area contributed by atoms with Gasteiger partial charge in [0.15, 0.2) is 10.8 Å². The Morgan fingerprint density at radius 3 is 2.77 bits per heavy atom. The van der Waals surface area contributed by atoms with Gasteiger partial charge in [0.05, 0.1) is 6.54 Å². The molecule has 1 amide bonds. The second kappa shape index (κ2) is 6.93. The van der Waals surface area contributed by atoms with E-state index in [1.807, 2.05) is 43.3 Å². The number of hydrogen-bond donors (Lipinski definition) is 1. The molecular weight excluding hydrogens is 350 g/mol. The number of benzene rings is 1. The topological polar surface area (TPSA) is 85.8 Å². The second-order valence-electron chi connectivity index (χ2n) is 5.69. The molecule has 1 aromatic carbocycles. The number of thiazole rings is 1. The molecule has 0 aliphatic rings. The Kier molecular flexibility index (Phi) is 4.32. The zero-order valence-electron chi connectivity index (χ0n) is 13.9. The molecule has 0 spiro atoms. The molecule has 4 aromatic rings. The Morgan fingerprint density at radius 2 is 2.08 bits per heavy atom. The van der Waals surface area contributed by atoms with Gasteiger partial charge in [-0.05, 0) is 36.8 Å². The molecule has 0 bridgehead atoms. The maximum Gasteiger partial charge on any atom is 0.275 e. The molecular formula is C18H15N5O2S. The normalized spacial score (nSPS) is 10.8. The minimum Gasteiger partial charge on any atom is -0.459 e. The quantitative estimate of drug-likeness (QED) is 0.584. The first-order chi connectivity index (χ1) is 12.7. The SMILES string of the molecule is Cc1ccc(-c2nc(C(=O)Nc3ccc(Cn4cncn4)cc3)cs2)o1. The highest BCUT2D eigenvalue weighted by Crippen LogP contribution is 2.26. The van der Waals surface area contributed by atoms with Crippen LogP contribution in [-0.4, -0.2) is 25.7 Å². The maximum absolute atomic E-state index is 12.4. The molecule has 0 aliphatic heterocycles. The molecule has 8 heteroatoms. The summed E-state index contributed by atoms with van der Waals surface area (Å²) in [5.74, 6) is 1.23. The second-order valence-corrected chi connectivity index (χ2v) is 6.55. The van der Waals surface area contributed by atoms with E-state index in [4.69, 9.17) is 4.42 Å². The molecule has 4 rings (SSSR count). The van der Waals surface area contributed by atoms with Gasteiger partial charge in [0.1, 0.15) is 24.1 Å². The Bertz CT molecular complexity index is 1020. The highest BCUT2D eigenvalue weighted by atomic mass is 32.1. The Labute approximate surface area is 153 Å². The van der Waals surface area contributed by atoms with Gasteiger partial charge in [-0.15, -0.1) is 11.3 Å². The predicted octanol–water partition coefficient (Wildman–Crippen LogP) is 3.60. The Morgan fingerprint density at radius 1 is 1.23 bits per heavy atom. The molecule has 0 fully saturated rings. The van der Waals surface area contributed by atoms with Crippen molar-refractivity contribution in [3.05, 3.63) is 71.5 Å². The van der Waals surface area contributed by atoms with E-state index in [9.17, 15) is 4.79 Å². The average Bonchev–Trinajstić information content (AvgIpc) is 3.37. The van der Waals surface area contributed by atoms with Crippen molar-refractivity contribution in [2.24, 2.45) is 0 Å². The lowest BCUT2D eigenvalue weighted by atomic mass is 10.2. The first-order valence-corrected chi connectivity index (χ1v) is 8.80. The van der Waals surface area contributed by atoms with Crippen LogP contribution in [0.2, 0.25) is 0 Å². The summed E-state index contributed by atoms with van der Waals surface area (Å²) in [7, 11) is 0. The molecule has 3 aromatic heterocycles. The van der Waals surface area contributed by atoms with Gasteiger partial charge in [-0.2, -0.15) is 5.10 Å². The minimum atomic E-state index is -0.250. The van der Waals surface area contributed by atoms with E-state index in [0.29, 0.717) is 28.7 Å². The number of amides is 1. The van der Waals surface area contributed by atoms with Crippen molar-refractivity contribution in [2.45, 2.75) is 13.5 Å². The number of anilines is 1. The van der Waals surface area contributed by atoms with Crippen LogP contribution in [-0.2, 0) is 6.54 Å². The molecule has 1 N–H and O–H groups in total. The molecule has 0 radical (unpaired) electrons. The van der Waals surface area contributed by atoms with E-state index in [0.717, 1.165) is 11.3 Å². The van der Waals surface area contributed by atoms with E-state index in [-0.39, 0.29) is 5.91 Å². The predicted molar refractivity (Wildman–Crippen MR) is 98.1 cm³/mol. The monoisotopic (exact) mass is 365 g/mol.